The van der Waals surface area contributed by atoms with Gasteiger partial charge >= 0.3 is 0 Å². The standard InChI is InChI=1S/C13H16N4OS/c1-7-2-4-16-12-9(7)10(15)11(19-12)13(18)17-5-3-8(14)6-17/h2,4,8H,3,5-6,14-15H2,1H3. The van der Waals surface area contributed by atoms with Crippen LogP contribution < -0.4 is 11.5 Å². The molecule has 0 saturated carbocycles. The van der Waals surface area contributed by atoms with Crippen molar-refractivity contribution >= 4 is 33.1 Å². The zero-order valence-corrected chi connectivity index (χ0v) is 11.5. The molecule has 0 spiro atoms. The molecule has 1 fully saturated rings. The van der Waals surface area contributed by atoms with Crippen molar-refractivity contribution in [3.63, 3.8) is 0 Å². The number of aryl methyl sites for hydroxylation is 1. The normalized spacial score (nSPS) is 19.3. The minimum absolute atomic E-state index is 0.0205. The Kier molecular flexibility index (Phi) is 2.91. The number of anilines is 1. The Morgan fingerprint density at radius 2 is 2.37 bits per heavy atom. The number of nitrogens with zero attached hydrogens (tertiary/aromatic N) is 2. The second-order valence-electron chi connectivity index (χ2n) is 4.95. The number of hydrogen-bond donors (Lipinski definition) is 2. The average Bonchev–Trinajstić information content (AvgIpc) is 2.94. The largest absolute Gasteiger partial charge is 0.397 e. The van der Waals surface area contributed by atoms with Gasteiger partial charge in [-0.2, -0.15) is 0 Å². The van der Waals surface area contributed by atoms with Gasteiger partial charge in [-0.1, -0.05) is 0 Å². The van der Waals surface area contributed by atoms with Crippen molar-refractivity contribution in [2.75, 3.05) is 18.8 Å². The van der Waals surface area contributed by atoms with E-state index in [0.29, 0.717) is 23.7 Å². The number of carbonyl (C=O) groups is 1. The highest BCUT2D eigenvalue weighted by molar-refractivity contribution is 7.21. The number of fused-ring (bicyclic) bond motifs is 1. The summed E-state index contributed by atoms with van der Waals surface area (Å²) in [5.41, 5.74) is 13.6. The van der Waals surface area contributed by atoms with E-state index in [2.05, 4.69) is 4.98 Å². The third kappa shape index (κ3) is 1.97. The summed E-state index contributed by atoms with van der Waals surface area (Å²) in [4.78, 5) is 19.9. The number of nitrogens with two attached hydrogens (primary N) is 2. The summed E-state index contributed by atoms with van der Waals surface area (Å²) in [5, 5.41) is 0.902. The van der Waals surface area contributed by atoms with Gasteiger partial charge in [0.15, 0.2) is 0 Å². The number of thiophene rings is 1. The SMILES string of the molecule is Cc1ccnc2sc(C(=O)N3CCC(N)C3)c(N)c12. The van der Waals surface area contributed by atoms with Crippen molar-refractivity contribution in [3.05, 3.63) is 22.7 Å². The van der Waals surface area contributed by atoms with Crippen molar-refractivity contribution in [1.29, 1.82) is 0 Å². The minimum atomic E-state index is -0.0205. The van der Waals surface area contributed by atoms with Crippen LogP contribution in [-0.2, 0) is 0 Å². The third-order valence-electron chi connectivity index (χ3n) is 3.54. The maximum atomic E-state index is 12.5. The molecule has 0 aliphatic carbocycles. The van der Waals surface area contributed by atoms with Gasteiger partial charge in [0.25, 0.3) is 5.91 Å². The van der Waals surface area contributed by atoms with Gasteiger partial charge in [-0.15, -0.1) is 11.3 Å². The van der Waals surface area contributed by atoms with Crippen LogP contribution in [0.2, 0.25) is 0 Å². The van der Waals surface area contributed by atoms with E-state index in [1.54, 1.807) is 11.1 Å². The summed E-state index contributed by atoms with van der Waals surface area (Å²) >= 11 is 1.37. The van der Waals surface area contributed by atoms with Gasteiger partial charge in [0.2, 0.25) is 0 Å². The number of hydrogen-bond acceptors (Lipinski definition) is 5. The molecule has 0 aromatic carbocycles. The van der Waals surface area contributed by atoms with Crippen molar-refractivity contribution in [1.82, 2.24) is 9.88 Å². The quantitative estimate of drug-likeness (QED) is 0.823. The Balaban J connectivity index is 2.03. The van der Waals surface area contributed by atoms with Gasteiger partial charge in [-0.05, 0) is 25.0 Å². The highest BCUT2D eigenvalue weighted by Gasteiger charge is 2.28. The van der Waals surface area contributed by atoms with Gasteiger partial charge in [-0.25, -0.2) is 4.98 Å². The number of pyridine rings is 1. The fourth-order valence-corrected chi connectivity index (χ4v) is 3.59. The van der Waals surface area contributed by atoms with Crippen LogP contribution in [0, 0.1) is 6.92 Å². The first-order valence-corrected chi connectivity index (χ1v) is 7.08. The molecule has 0 bridgehead atoms. The number of amides is 1. The molecule has 5 nitrogen and oxygen atoms in total. The second-order valence-corrected chi connectivity index (χ2v) is 5.95. The van der Waals surface area contributed by atoms with Crippen LogP contribution in [-0.4, -0.2) is 34.9 Å². The van der Waals surface area contributed by atoms with E-state index in [4.69, 9.17) is 11.5 Å². The zero-order chi connectivity index (χ0) is 13.6. The summed E-state index contributed by atoms with van der Waals surface area (Å²) in [6, 6.07) is 1.99. The summed E-state index contributed by atoms with van der Waals surface area (Å²) in [6.45, 7) is 3.30. The van der Waals surface area contributed by atoms with Crippen LogP contribution in [0.5, 0.6) is 0 Å². The molecule has 3 heterocycles. The number of nitrogen functional groups attached to an aromatic ring is 1. The molecule has 19 heavy (non-hydrogen) atoms. The summed E-state index contributed by atoms with van der Waals surface area (Å²) < 4.78 is 0. The third-order valence-corrected chi connectivity index (χ3v) is 4.64. The van der Waals surface area contributed by atoms with E-state index in [9.17, 15) is 4.79 Å². The Hall–Kier alpha value is -1.66. The summed E-state index contributed by atoms with van der Waals surface area (Å²) in [5.74, 6) is -0.0205. The van der Waals surface area contributed by atoms with E-state index in [0.717, 1.165) is 22.2 Å². The van der Waals surface area contributed by atoms with E-state index in [1.165, 1.54) is 11.3 Å². The average molecular weight is 276 g/mol. The van der Waals surface area contributed by atoms with Gasteiger partial charge in [0.1, 0.15) is 9.71 Å². The molecule has 1 aliphatic heterocycles. The monoisotopic (exact) mass is 276 g/mol. The van der Waals surface area contributed by atoms with Crippen molar-refractivity contribution in [2.45, 2.75) is 19.4 Å². The van der Waals surface area contributed by atoms with Gasteiger partial charge < -0.3 is 16.4 Å². The van der Waals surface area contributed by atoms with Gasteiger partial charge in [-0.3, -0.25) is 4.79 Å². The molecule has 2 aromatic heterocycles. The fraction of sp³-hybridized carbons (Fsp3) is 0.385. The lowest BCUT2D eigenvalue weighted by Crippen LogP contribution is -2.31. The smallest absolute Gasteiger partial charge is 0.266 e. The number of rotatable bonds is 1. The predicted molar refractivity (Wildman–Crippen MR) is 77.3 cm³/mol. The molecule has 4 N–H and O–H groups in total. The molecule has 2 aromatic rings. The molecule has 6 heteroatoms. The number of carbonyl (C=O) groups excluding carboxylic acids is 1. The van der Waals surface area contributed by atoms with Crippen LogP contribution in [0.1, 0.15) is 21.7 Å². The van der Waals surface area contributed by atoms with E-state index in [1.807, 2.05) is 13.0 Å². The molecule has 1 unspecified atom stereocenters. The van der Waals surface area contributed by atoms with E-state index in [-0.39, 0.29) is 11.9 Å². The zero-order valence-electron chi connectivity index (χ0n) is 10.7. The topological polar surface area (TPSA) is 85.2 Å². The lowest BCUT2D eigenvalue weighted by molar-refractivity contribution is 0.0796. The Morgan fingerprint density at radius 3 is 3.00 bits per heavy atom. The van der Waals surface area contributed by atoms with E-state index >= 15 is 0 Å². The molecule has 3 rings (SSSR count). The van der Waals surface area contributed by atoms with Crippen LogP contribution in [0.3, 0.4) is 0 Å². The molecule has 1 amide bonds. The Morgan fingerprint density at radius 1 is 1.58 bits per heavy atom. The van der Waals surface area contributed by atoms with Gasteiger partial charge in [0.05, 0.1) is 5.69 Å². The van der Waals surface area contributed by atoms with Gasteiger partial charge in [0, 0.05) is 30.7 Å². The molecule has 1 aliphatic rings. The fourth-order valence-electron chi connectivity index (χ4n) is 2.48. The first kappa shape index (κ1) is 12.4. The minimum Gasteiger partial charge on any atom is -0.397 e. The maximum absolute atomic E-state index is 12.5. The van der Waals surface area contributed by atoms with Crippen LogP contribution in [0.15, 0.2) is 12.3 Å². The molecule has 0 radical (unpaired) electrons. The second kappa shape index (κ2) is 4.47. The molecule has 1 atom stereocenters. The number of aromatic nitrogens is 1. The first-order chi connectivity index (χ1) is 9.08. The Labute approximate surface area is 115 Å². The van der Waals surface area contributed by atoms with Crippen LogP contribution in [0.25, 0.3) is 10.2 Å². The maximum Gasteiger partial charge on any atom is 0.266 e. The highest BCUT2D eigenvalue weighted by Crippen LogP contribution is 2.35. The summed E-state index contributed by atoms with van der Waals surface area (Å²) in [7, 11) is 0. The van der Waals surface area contributed by atoms with Crippen LogP contribution >= 0.6 is 11.3 Å². The molecular formula is C13H16N4OS. The number of likely N-dealkylation sites (tertiary alicyclic amines) is 1. The first-order valence-electron chi connectivity index (χ1n) is 6.26. The molecular weight excluding hydrogens is 260 g/mol. The van der Waals surface area contributed by atoms with Crippen molar-refractivity contribution in [2.24, 2.45) is 5.73 Å². The van der Waals surface area contributed by atoms with Crippen LogP contribution in [0.4, 0.5) is 5.69 Å². The van der Waals surface area contributed by atoms with Crippen molar-refractivity contribution in [3.8, 4) is 0 Å². The predicted octanol–water partition coefficient (Wildman–Crippen LogP) is 1.36. The molecule has 100 valence electrons. The summed E-state index contributed by atoms with van der Waals surface area (Å²) in [6.07, 6.45) is 2.60. The Bertz CT molecular complexity index is 651. The molecule has 1 saturated heterocycles. The highest BCUT2D eigenvalue weighted by atomic mass is 32.1. The van der Waals surface area contributed by atoms with E-state index < -0.39 is 0 Å². The lowest BCUT2D eigenvalue weighted by Gasteiger charge is -2.14. The van der Waals surface area contributed by atoms with Crippen molar-refractivity contribution < 1.29 is 4.79 Å². The lowest BCUT2D eigenvalue weighted by atomic mass is 10.1.